The molecule has 2 N–H and O–H groups in total. The lowest BCUT2D eigenvalue weighted by Gasteiger charge is -2.17. The molecule has 0 aliphatic heterocycles. The second kappa shape index (κ2) is 7.70. The van der Waals surface area contributed by atoms with Crippen LogP contribution < -0.4 is 5.32 Å². The average molecular weight is 349 g/mol. The van der Waals surface area contributed by atoms with Gasteiger partial charge in [0.25, 0.3) is 0 Å². The Morgan fingerprint density at radius 1 is 1.00 bits per heavy atom. The molecule has 3 aromatic rings. The molecule has 0 amide bonds. The molecule has 132 valence electrons. The summed E-state index contributed by atoms with van der Waals surface area (Å²) in [5.74, 6) is -1.50. The maximum Gasteiger partial charge on any atom is 0.340 e. The summed E-state index contributed by atoms with van der Waals surface area (Å²) < 4.78 is 5.42. The number of hydrogen-bond acceptors (Lipinski definition) is 4. The SMILES string of the molecule is CC(Nc1c(C(=O)OCc2ccccc2)ccc2ccccc12)C(=O)O. The molecule has 0 aliphatic carbocycles. The summed E-state index contributed by atoms with van der Waals surface area (Å²) in [5.41, 5.74) is 1.67. The van der Waals surface area contributed by atoms with Gasteiger partial charge in [-0.25, -0.2) is 4.79 Å². The third-order valence-electron chi connectivity index (χ3n) is 4.09. The standard InChI is InChI=1S/C21H19NO4/c1-14(20(23)24)22-19-17-10-6-5-9-16(17)11-12-18(19)21(25)26-13-15-7-3-2-4-8-15/h2-12,14,22H,13H2,1H3,(H,23,24). The van der Waals surface area contributed by atoms with Crippen LogP contribution in [0.25, 0.3) is 10.8 Å². The Balaban J connectivity index is 1.93. The minimum Gasteiger partial charge on any atom is -0.480 e. The number of rotatable bonds is 6. The number of hydrogen-bond donors (Lipinski definition) is 2. The first kappa shape index (κ1) is 17.5. The molecule has 3 aromatic carbocycles. The number of carboxylic acid groups (broad SMARTS) is 1. The predicted molar refractivity (Wildman–Crippen MR) is 100 cm³/mol. The van der Waals surface area contributed by atoms with E-state index in [0.29, 0.717) is 11.3 Å². The fourth-order valence-corrected chi connectivity index (χ4v) is 2.68. The van der Waals surface area contributed by atoms with E-state index < -0.39 is 18.0 Å². The number of carbonyl (C=O) groups is 2. The van der Waals surface area contributed by atoms with Crippen LogP contribution in [-0.2, 0) is 16.1 Å². The van der Waals surface area contributed by atoms with E-state index in [2.05, 4.69) is 5.32 Å². The number of anilines is 1. The molecule has 26 heavy (non-hydrogen) atoms. The molecule has 0 heterocycles. The molecule has 0 aromatic heterocycles. The molecule has 0 fully saturated rings. The summed E-state index contributed by atoms with van der Waals surface area (Å²) >= 11 is 0. The second-order valence-electron chi connectivity index (χ2n) is 5.98. The molecule has 1 unspecified atom stereocenters. The first-order valence-corrected chi connectivity index (χ1v) is 8.28. The van der Waals surface area contributed by atoms with E-state index in [0.717, 1.165) is 16.3 Å². The molecule has 0 bridgehead atoms. The zero-order chi connectivity index (χ0) is 18.5. The molecular weight excluding hydrogens is 330 g/mol. The van der Waals surface area contributed by atoms with Crippen LogP contribution in [0.15, 0.2) is 66.7 Å². The first-order chi connectivity index (χ1) is 12.6. The van der Waals surface area contributed by atoms with Crippen LogP contribution >= 0.6 is 0 Å². The van der Waals surface area contributed by atoms with Crippen LogP contribution in [-0.4, -0.2) is 23.1 Å². The van der Waals surface area contributed by atoms with E-state index in [1.807, 2.05) is 60.7 Å². The topological polar surface area (TPSA) is 75.6 Å². The minimum absolute atomic E-state index is 0.153. The van der Waals surface area contributed by atoms with Crippen molar-refractivity contribution in [3.05, 3.63) is 77.9 Å². The van der Waals surface area contributed by atoms with Gasteiger partial charge in [-0.05, 0) is 23.9 Å². The van der Waals surface area contributed by atoms with Crippen molar-refractivity contribution in [2.45, 2.75) is 19.6 Å². The molecular formula is C21H19NO4. The van der Waals surface area contributed by atoms with Crippen molar-refractivity contribution in [3.8, 4) is 0 Å². The van der Waals surface area contributed by atoms with E-state index in [4.69, 9.17) is 4.74 Å². The fraction of sp³-hybridized carbons (Fsp3) is 0.143. The summed E-state index contributed by atoms with van der Waals surface area (Å²) in [6.07, 6.45) is 0. The molecule has 5 nitrogen and oxygen atoms in total. The van der Waals surface area contributed by atoms with Gasteiger partial charge in [-0.1, -0.05) is 60.7 Å². The summed E-state index contributed by atoms with van der Waals surface area (Å²) in [6.45, 7) is 1.68. The summed E-state index contributed by atoms with van der Waals surface area (Å²) in [7, 11) is 0. The van der Waals surface area contributed by atoms with Crippen molar-refractivity contribution in [1.29, 1.82) is 0 Å². The maximum absolute atomic E-state index is 12.6. The number of ether oxygens (including phenoxy) is 1. The van der Waals surface area contributed by atoms with E-state index in [9.17, 15) is 14.7 Å². The largest absolute Gasteiger partial charge is 0.480 e. The number of carboxylic acids is 1. The van der Waals surface area contributed by atoms with E-state index in [-0.39, 0.29) is 6.61 Å². The third-order valence-corrected chi connectivity index (χ3v) is 4.09. The van der Waals surface area contributed by atoms with Crippen molar-refractivity contribution >= 4 is 28.4 Å². The van der Waals surface area contributed by atoms with Crippen molar-refractivity contribution in [2.24, 2.45) is 0 Å². The van der Waals surface area contributed by atoms with Gasteiger partial charge in [0, 0.05) is 5.39 Å². The van der Waals surface area contributed by atoms with Crippen LogP contribution in [0.2, 0.25) is 0 Å². The molecule has 5 heteroatoms. The molecule has 0 saturated heterocycles. The Morgan fingerprint density at radius 3 is 2.42 bits per heavy atom. The lowest BCUT2D eigenvalue weighted by Crippen LogP contribution is -2.26. The highest BCUT2D eigenvalue weighted by molar-refractivity contribution is 6.07. The van der Waals surface area contributed by atoms with Crippen LogP contribution in [0.5, 0.6) is 0 Å². The van der Waals surface area contributed by atoms with Crippen LogP contribution in [0.1, 0.15) is 22.8 Å². The second-order valence-corrected chi connectivity index (χ2v) is 5.98. The van der Waals surface area contributed by atoms with Crippen molar-refractivity contribution in [2.75, 3.05) is 5.32 Å². The molecule has 3 rings (SSSR count). The summed E-state index contributed by atoms with van der Waals surface area (Å²) in [5, 5.41) is 13.8. The number of nitrogens with one attached hydrogen (secondary N) is 1. The van der Waals surface area contributed by atoms with Gasteiger partial charge in [-0.3, -0.25) is 4.79 Å². The quantitative estimate of drug-likeness (QED) is 0.656. The number of aliphatic carboxylic acids is 1. The Bertz CT molecular complexity index is 937. The smallest absolute Gasteiger partial charge is 0.340 e. The number of carbonyl (C=O) groups excluding carboxylic acids is 1. The molecule has 0 saturated carbocycles. The van der Waals surface area contributed by atoms with E-state index in [1.54, 1.807) is 6.07 Å². The molecule has 0 radical (unpaired) electrons. The summed E-state index contributed by atoms with van der Waals surface area (Å²) in [6, 6.07) is 19.5. The van der Waals surface area contributed by atoms with Crippen LogP contribution in [0.4, 0.5) is 5.69 Å². The number of esters is 1. The predicted octanol–water partition coefficient (Wildman–Crippen LogP) is 4.08. The van der Waals surface area contributed by atoms with Crippen LogP contribution in [0, 0.1) is 0 Å². The highest BCUT2D eigenvalue weighted by Gasteiger charge is 2.19. The zero-order valence-electron chi connectivity index (χ0n) is 14.3. The van der Waals surface area contributed by atoms with Gasteiger partial charge in [0.15, 0.2) is 0 Å². The number of benzene rings is 3. The molecule has 0 spiro atoms. The van der Waals surface area contributed by atoms with Crippen molar-refractivity contribution < 1.29 is 19.4 Å². The Morgan fingerprint density at radius 2 is 1.69 bits per heavy atom. The van der Waals surface area contributed by atoms with Gasteiger partial charge >= 0.3 is 11.9 Å². The van der Waals surface area contributed by atoms with Crippen LogP contribution in [0.3, 0.4) is 0 Å². The van der Waals surface area contributed by atoms with Gasteiger partial charge in [-0.2, -0.15) is 0 Å². The Labute approximate surface area is 151 Å². The molecule has 0 aliphatic rings. The fourth-order valence-electron chi connectivity index (χ4n) is 2.68. The Kier molecular flexibility index (Phi) is 5.17. The lowest BCUT2D eigenvalue weighted by atomic mass is 10.0. The van der Waals surface area contributed by atoms with Gasteiger partial charge in [0.05, 0.1) is 11.3 Å². The number of fused-ring (bicyclic) bond motifs is 1. The van der Waals surface area contributed by atoms with Gasteiger partial charge in [0.1, 0.15) is 12.6 Å². The summed E-state index contributed by atoms with van der Waals surface area (Å²) in [4.78, 5) is 23.9. The molecule has 1 atom stereocenters. The van der Waals surface area contributed by atoms with Crippen molar-refractivity contribution in [1.82, 2.24) is 0 Å². The highest BCUT2D eigenvalue weighted by Crippen LogP contribution is 2.29. The third kappa shape index (κ3) is 3.83. The van der Waals surface area contributed by atoms with Crippen molar-refractivity contribution in [3.63, 3.8) is 0 Å². The highest BCUT2D eigenvalue weighted by atomic mass is 16.5. The van der Waals surface area contributed by atoms with Gasteiger partial charge in [0.2, 0.25) is 0 Å². The van der Waals surface area contributed by atoms with Gasteiger partial charge < -0.3 is 15.2 Å². The van der Waals surface area contributed by atoms with Gasteiger partial charge in [-0.15, -0.1) is 0 Å². The maximum atomic E-state index is 12.6. The first-order valence-electron chi connectivity index (χ1n) is 8.28. The normalized spacial score (nSPS) is 11.7. The lowest BCUT2D eigenvalue weighted by molar-refractivity contribution is -0.137. The van der Waals surface area contributed by atoms with E-state index >= 15 is 0 Å². The average Bonchev–Trinajstić information content (AvgIpc) is 2.67. The zero-order valence-corrected chi connectivity index (χ0v) is 14.3. The monoisotopic (exact) mass is 349 g/mol. The minimum atomic E-state index is -0.999. The Hall–Kier alpha value is -3.34. The van der Waals surface area contributed by atoms with E-state index in [1.165, 1.54) is 6.92 Å².